The first kappa shape index (κ1) is 18.5. The highest BCUT2D eigenvalue weighted by Crippen LogP contribution is 2.22. The summed E-state index contributed by atoms with van der Waals surface area (Å²) in [7, 11) is 0. The van der Waals surface area contributed by atoms with Gasteiger partial charge < -0.3 is 14.5 Å². The maximum atomic E-state index is 12.6. The number of piperazine rings is 1. The SMILES string of the molecule is O=C(CN1CCN(C(=O)c2cc(Cl)ccc2Cl)CC1)N1CCOCC1. The van der Waals surface area contributed by atoms with E-state index < -0.39 is 0 Å². The van der Waals surface area contributed by atoms with E-state index in [9.17, 15) is 9.59 Å². The Bertz CT molecular complexity index is 642. The maximum absolute atomic E-state index is 12.6. The van der Waals surface area contributed by atoms with Crippen LogP contribution >= 0.6 is 23.2 Å². The van der Waals surface area contributed by atoms with Crippen molar-refractivity contribution in [1.29, 1.82) is 0 Å². The molecule has 8 heteroatoms. The monoisotopic (exact) mass is 385 g/mol. The molecular weight excluding hydrogens is 365 g/mol. The van der Waals surface area contributed by atoms with Gasteiger partial charge in [0.1, 0.15) is 0 Å². The summed E-state index contributed by atoms with van der Waals surface area (Å²) in [5.74, 6) is 0.00705. The molecule has 2 heterocycles. The Morgan fingerprint density at radius 2 is 1.64 bits per heavy atom. The van der Waals surface area contributed by atoms with Gasteiger partial charge >= 0.3 is 0 Å². The van der Waals surface area contributed by atoms with E-state index in [4.69, 9.17) is 27.9 Å². The third-order valence-electron chi connectivity index (χ3n) is 4.54. The van der Waals surface area contributed by atoms with E-state index in [1.54, 1.807) is 23.1 Å². The van der Waals surface area contributed by atoms with Crippen LogP contribution < -0.4 is 0 Å². The molecule has 0 aromatic heterocycles. The molecule has 1 aromatic rings. The van der Waals surface area contributed by atoms with E-state index in [-0.39, 0.29) is 11.8 Å². The molecule has 25 heavy (non-hydrogen) atoms. The number of halogens is 2. The van der Waals surface area contributed by atoms with Gasteiger partial charge in [-0.2, -0.15) is 0 Å². The first-order valence-corrected chi connectivity index (χ1v) is 9.12. The lowest BCUT2D eigenvalue weighted by atomic mass is 10.1. The van der Waals surface area contributed by atoms with Gasteiger partial charge in [0.2, 0.25) is 5.91 Å². The second-order valence-corrected chi connectivity index (χ2v) is 7.03. The summed E-state index contributed by atoms with van der Waals surface area (Å²) in [5.41, 5.74) is 0.423. The van der Waals surface area contributed by atoms with Crippen LogP contribution in [0, 0.1) is 0 Å². The van der Waals surface area contributed by atoms with Crippen LogP contribution in [-0.4, -0.2) is 85.5 Å². The van der Waals surface area contributed by atoms with E-state index in [0.717, 1.165) is 0 Å². The van der Waals surface area contributed by atoms with Crippen molar-refractivity contribution in [2.75, 3.05) is 59.0 Å². The molecule has 0 saturated carbocycles. The highest BCUT2D eigenvalue weighted by atomic mass is 35.5. The maximum Gasteiger partial charge on any atom is 0.255 e. The van der Waals surface area contributed by atoms with Crippen molar-refractivity contribution in [2.45, 2.75) is 0 Å². The Hall–Kier alpha value is -1.34. The molecule has 0 atom stereocenters. The van der Waals surface area contributed by atoms with E-state index in [1.807, 2.05) is 4.90 Å². The van der Waals surface area contributed by atoms with Gasteiger partial charge in [0.25, 0.3) is 5.91 Å². The number of rotatable bonds is 3. The molecular formula is C17H21Cl2N3O3. The lowest BCUT2D eigenvalue weighted by Crippen LogP contribution is -2.52. The van der Waals surface area contributed by atoms with Crippen LogP contribution in [0.4, 0.5) is 0 Å². The molecule has 0 aliphatic carbocycles. The molecule has 2 aliphatic heterocycles. The number of nitrogens with zero attached hydrogens (tertiary/aromatic N) is 3. The van der Waals surface area contributed by atoms with Crippen molar-refractivity contribution in [3.8, 4) is 0 Å². The minimum atomic E-state index is -0.119. The lowest BCUT2D eigenvalue weighted by Gasteiger charge is -2.36. The number of amides is 2. The predicted octanol–water partition coefficient (Wildman–Crippen LogP) is 1.61. The Morgan fingerprint density at radius 1 is 0.960 bits per heavy atom. The number of carbonyl (C=O) groups excluding carboxylic acids is 2. The van der Waals surface area contributed by atoms with E-state index in [1.165, 1.54) is 0 Å². The summed E-state index contributed by atoms with van der Waals surface area (Å²) < 4.78 is 5.27. The average molecular weight is 386 g/mol. The summed E-state index contributed by atoms with van der Waals surface area (Å²) >= 11 is 12.1. The minimum absolute atomic E-state index is 0.119. The number of hydrogen-bond donors (Lipinski definition) is 0. The second-order valence-electron chi connectivity index (χ2n) is 6.19. The fourth-order valence-electron chi connectivity index (χ4n) is 3.04. The molecule has 1 aromatic carbocycles. The summed E-state index contributed by atoms with van der Waals surface area (Å²) in [4.78, 5) is 30.6. The van der Waals surface area contributed by atoms with Crippen molar-refractivity contribution >= 4 is 35.0 Å². The lowest BCUT2D eigenvalue weighted by molar-refractivity contribution is -0.136. The van der Waals surface area contributed by atoms with Crippen LogP contribution in [-0.2, 0) is 9.53 Å². The van der Waals surface area contributed by atoms with Crippen molar-refractivity contribution in [2.24, 2.45) is 0 Å². The van der Waals surface area contributed by atoms with Gasteiger partial charge in [-0.1, -0.05) is 23.2 Å². The van der Waals surface area contributed by atoms with Crippen LogP contribution in [0.2, 0.25) is 10.0 Å². The van der Waals surface area contributed by atoms with Crippen molar-refractivity contribution in [3.63, 3.8) is 0 Å². The minimum Gasteiger partial charge on any atom is -0.378 e. The molecule has 0 spiro atoms. The predicted molar refractivity (Wildman–Crippen MR) is 96.2 cm³/mol. The summed E-state index contributed by atoms with van der Waals surface area (Å²) in [6, 6.07) is 4.89. The third-order valence-corrected chi connectivity index (χ3v) is 5.11. The second kappa shape index (κ2) is 8.36. The van der Waals surface area contributed by atoms with E-state index >= 15 is 0 Å². The first-order valence-electron chi connectivity index (χ1n) is 8.37. The third kappa shape index (κ3) is 4.64. The van der Waals surface area contributed by atoms with Gasteiger partial charge in [-0.15, -0.1) is 0 Å². The first-order chi connectivity index (χ1) is 12.0. The molecule has 6 nitrogen and oxygen atoms in total. The molecule has 2 amide bonds. The number of hydrogen-bond acceptors (Lipinski definition) is 4. The zero-order valence-corrected chi connectivity index (χ0v) is 15.4. The molecule has 2 fully saturated rings. The van der Waals surface area contributed by atoms with E-state index in [0.29, 0.717) is 74.6 Å². The number of benzene rings is 1. The quantitative estimate of drug-likeness (QED) is 0.792. The van der Waals surface area contributed by atoms with Crippen LogP contribution in [0.25, 0.3) is 0 Å². The van der Waals surface area contributed by atoms with E-state index in [2.05, 4.69) is 4.90 Å². The zero-order valence-electron chi connectivity index (χ0n) is 13.9. The Kier molecular flexibility index (Phi) is 6.17. The molecule has 0 unspecified atom stereocenters. The number of carbonyl (C=O) groups is 2. The molecule has 0 N–H and O–H groups in total. The van der Waals surface area contributed by atoms with Gasteiger partial charge in [0.05, 0.1) is 30.3 Å². The van der Waals surface area contributed by atoms with Crippen LogP contribution in [0.3, 0.4) is 0 Å². The van der Waals surface area contributed by atoms with Crippen molar-refractivity contribution in [1.82, 2.24) is 14.7 Å². The standard InChI is InChI=1S/C17H21Cl2N3O3/c18-13-1-2-15(19)14(11-13)17(24)22-5-3-20(4-6-22)12-16(23)21-7-9-25-10-8-21/h1-2,11H,3-10,12H2. The molecule has 2 aliphatic rings. The summed E-state index contributed by atoms with van der Waals surface area (Å²) in [5, 5.41) is 0.891. The Morgan fingerprint density at radius 3 is 2.32 bits per heavy atom. The molecule has 3 rings (SSSR count). The zero-order chi connectivity index (χ0) is 17.8. The van der Waals surface area contributed by atoms with Gasteiger partial charge in [-0.3, -0.25) is 14.5 Å². The van der Waals surface area contributed by atoms with Crippen LogP contribution in [0.1, 0.15) is 10.4 Å². The van der Waals surface area contributed by atoms with Gasteiger partial charge in [-0.05, 0) is 18.2 Å². The fraction of sp³-hybridized carbons (Fsp3) is 0.529. The molecule has 2 saturated heterocycles. The largest absolute Gasteiger partial charge is 0.378 e. The normalized spacial score (nSPS) is 19.1. The van der Waals surface area contributed by atoms with Gasteiger partial charge in [0.15, 0.2) is 0 Å². The average Bonchev–Trinajstić information content (AvgIpc) is 2.64. The van der Waals surface area contributed by atoms with Gasteiger partial charge in [-0.25, -0.2) is 0 Å². The highest BCUT2D eigenvalue weighted by molar-refractivity contribution is 6.35. The highest BCUT2D eigenvalue weighted by Gasteiger charge is 2.26. The fourth-order valence-corrected chi connectivity index (χ4v) is 3.42. The molecule has 136 valence electrons. The molecule has 0 radical (unpaired) electrons. The topological polar surface area (TPSA) is 53.1 Å². The van der Waals surface area contributed by atoms with Crippen LogP contribution in [0.5, 0.6) is 0 Å². The van der Waals surface area contributed by atoms with Crippen molar-refractivity contribution in [3.05, 3.63) is 33.8 Å². The Labute approximate surface area is 157 Å². The number of morpholine rings is 1. The number of ether oxygens (including phenoxy) is 1. The smallest absolute Gasteiger partial charge is 0.255 e. The Balaban J connectivity index is 1.52. The van der Waals surface area contributed by atoms with Gasteiger partial charge in [0, 0.05) is 44.3 Å². The molecule has 0 bridgehead atoms. The summed E-state index contributed by atoms with van der Waals surface area (Å²) in [6.07, 6.45) is 0. The van der Waals surface area contributed by atoms with Crippen LogP contribution in [0.15, 0.2) is 18.2 Å². The van der Waals surface area contributed by atoms with Crippen molar-refractivity contribution < 1.29 is 14.3 Å². The summed E-state index contributed by atoms with van der Waals surface area (Å²) in [6.45, 7) is 5.38.